The molecule has 3 aliphatic rings. The van der Waals surface area contributed by atoms with E-state index >= 15 is 0 Å². The van der Waals surface area contributed by atoms with Crippen LogP contribution in [0.15, 0.2) is 24.3 Å². The number of halogens is 3. The molecule has 2 amide bonds. The molecule has 2 aliphatic heterocycles. The number of fused-ring (bicyclic) bond motifs is 1. The average molecular weight is 493 g/mol. The van der Waals surface area contributed by atoms with Gasteiger partial charge in [0.25, 0.3) is 0 Å². The molecule has 1 aliphatic carbocycles. The van der Waals surface area contributed by atoms with E-state index in [4.69, 9.17) is 4.74 Å². The number of nitrogens with zero attached hydrogens (tertiary/aromatic N) is 4. The van der Waals surface area contributed by atoms with E-state index < -0.39 is 12.5 Å². The molecule has 5 rings (SSSR count). The van der Waals surface area contributed by atoms with Gasteiger partial charge in [0.2, 0.25) is 5.91 Å². The van der Waals surface area contributed by atoms with Crippen LogP contribution in [0.1, 0.15) is 36.2 Å². The summed E-state index contributed by atoms with van der Waals surface area (Å²) in [4.78, 5) is 29.0. The Morgan fingerprint density at radius 1 is 1.11 bits per heavy atom. The molecular weight excluding hydrogens is 467 g/mol. The molecule has 1 unspecified atom stereocenters. The Bertz CT molecular complexity index is 1070. The van der Waals surface area contributed by atoms with Crippen LogP contribution in [0.2, 0.25) is 0 Å². The summed E-state index contributed by atoms with van der Waals surface area (Å²) >= 11 is 0. The highest BCUT2D eigenvalue weighted by Gasteiger charge is 2.48. The number of hydrogen-bond acceptors (Lipinski definition) is 6. The van der Waals surface area contributed by atoms with Crippen LogP contribution in [0, 0.1) is 11.3 Å². The number of H-pyrrole nitrogens is 1. The SMILES string of the molecule is O=C(OCc1ccc(OC(F)(F)F)cc1)N1CCC2(CC1)CN(C(=O)C1CCc3[nH]nnc3C1)C2. The lowest BCUT2D eigenvalue weighted by Crippen LogP contribution is -2.63. The van der Waals surface area contributed by atoms with Gasteiger partial charge in [0.15, 0.2) is 0 Å². The molecule has 9 nitrogen and oxygen atoms in total. The number of amides is 2. The van der Waals surface area contributed by atoms with Gasteiger partial charge in [0, 0.05) is 43.9 Å². The predicted octanol–water partition coefficient (Wildman–Crippen LogP) is 3.07. The molecule has 0 saturated carbocycles. The Morgan fingerprint density at radius 3 is 2.51 bits per heavy atom. The van der Waals surface area contributed by atoms with Crippen LogP contribution in [-0.4, -0.2) is 69.8 Å². The third-order valence-corrected chi connectivity index (χ3v) is 7.20. The van der Waals surface area contributed by atoms with E-state index in [1.54, 1.807) is 4.90 Å². The number of rotatable bonds is 4. The van der Waals surface area contributed by atoms with Crippen molar-refractivity contribution in [1.82, 2.24) is 25.2 Å². The summed E-state index contributed by atoms with van der Waals surface area (Å²) in [6.45, 7) is 2.48. The average Bonchev–Trinajstić information content (AvgIpc) is 3.28. The topological polar surface area (TPSA) is 101 Å². The first-order valence-electron chi connectivity index (χ1n) is 11.6. The maximum Gasteiger partial charge on any atom is 0.573 e. The van der Waals surface area contributed by atoms with Crippen LogP contribution in [0.5, 0.6) is 5.75 Å². The first kappa shape index (κ1) is 23.4. The number of ether oxygens (including phenoxy) is 2. The van der Waals surface area contributed by atoms with Crippen LogP contribution in [0.4, 0.5) is 18.0 Å². The van der Waals surface area contributed by atoms with Gasteiger partial charge in [0.05, 0.1) is 11.4 Å². The lowest BCUT2D eigenvalue weighted by molar-refractivity contribution is -0.274. The fourth-order valence-electron chi connectivity index (χ4n) is 5.18. The fourth-order valence-corrected chi connectivity index (χ4v) is 5.18. The van der Waals surface area contributed by atoms with Gasteiger partial charge in [0.1, 0.15) is 12.4 Å². The summed E-state index contributed by atoms with van der Waals surface area (Å²) in [5.41, 5.74) is 2.53. The number of likely N-dealkylation sites (tertiary alicyclic amines) is 2. The molecule has 1 aromatic heterocycles. The molecule has 2 saturated heterocycles. The number of nitrogens with one attached hydrogen (secondary N) is 1. The second-order valence-corrected chi connectivity index (χ2v) is 9.60. The Hall–Kier alpha value is -3.31. The number of aromatic nitrogens is 3. The van der Waals surface area contributed by atoms with Crippen LogP contribution in [-0.2, 0) is 29.0 Å². The van der Waals surface area contributed by atoms with Crippen molar-refractivity contribution in [3.63, 3.8) is 0 Å². The first-order valence-corrected chi connectivity index (χ1v) is 11.6. The van der Waals surface area contributed by atoms with Crippen LogP contribution in [0.25, 0.3) is 0 Å². The van der Waals surface area contributed by atoms with Crippen molar-refractivity contribution in [2.45, 2.75) is 45.1 Å². The molecule has 1 aromatic carbocycles. The first-order chi connectivity index (χ1) is 16.7. The van der Waals surface area contributed by atoms with Crippen molar-refractivity contribution in [2.24, 2.45) is 11.3 Å². The number of carbonyl (C=O) groups excluding carboxylic acids is 2. The van der Waals surface area contributed by atoms with Crippen LogP contribution >= 0.6 is 0 Å². The summed E-state index contributed by atoms with van der Waals surface area (Å²) in [5.74, 6) is -0.194. The van der Waals surface area contributed by atoms with Crippen LogP contribution < -0.4 is 4.74 Å². The van der Waals surface area contributed by atoms with Crippen molar-refractivity contribution >= 4 is 12.0 Å². The summed E-state index contributed by atoms with van der Waals surface area (Å²) in [6.07, 6.45) is -1.38. The molecule has 1 atom stereocenters. The minimum Gasteiger partial charge on any atom is -0.445 e. The third kappa shape index (κ3) is 5.20. The molecule has 3 heterocycles. The minimum absolute atomic E-state index is 0.0380. The van der Waals surface area contributed by atoms with Gasteiger partial charge < -0.3 is 19.3 Å². The summed E-state index contributed by atoms with van der Waals surface area (Å²) in [7, 11) is 0. The van der Waals surface area contributed by atoms with Crippen molar-refractivity contribution in [2.75, 3.05) is 26.2 Å². The van der Waals surface area contributed by atoms with E-state index in [9.17, 15) is 22.8 Å². The summed E-state index contributed by atoms with van der Waals surface area (Å²) < 4.78 is 45.9. The molecular formula is C23H26F3N5O4. The quantitative estimate of drug-likeness (QED) is 0.703. The van der Waals surface area contributed by atoms with Gasteiger partial charge in [-0.3, -0.25) is 9.89 Å². The van der Waals surface area contributed by atoms with Gasteiger partial charge in [-0.25, -0.2) is 4.79 Å². The van der Waals surface area contributed by atoms with Gasteiger partial charge in [-0.15, -0.1) is 18.3 Å². The normalized spacial score (nSPS) is 21.3. The second-order valence-electron chi connectivity index (χ2n) is 9.60. The maximum atomic E-state index is 12.9. The van der Waals surface area contributed by atoms with Crippen molar-refractivity contribution < 1.29 is 32.2 Å². The number of benzene rings is 1. The van der Waals surface area contributed by atoms with E-state index in [1.807, 2.05) is 4.90 Å². The zero-order valence-corrected chi connectivity index (χ0v) is 19.0. The Kier molecular flexibility index (Phi) is 6.06. The highest BCUT2D eigenvalue weighted by atomic mass is 19.4. The van der Waals surface area contributed by atoms with E-state index in [0.29, 0.717) is 38.2 Å². The zero-order chi connectivity index (χ0) is 24.6. The molecule has 12 heteroatoms. The number of carbonyl (C=O) groups is 2. The zero-order valence-electron chi connectivity index (χ0n) is 19.0. The highest BCUT2D eigenvalue weighted by Crippen LogP contribution is 2.42. The van der Waals surface area contributed by atoms with E-state index in [2.05, 4.69) is 20.1 Å². The van der Waals surface area contributed by atoms with Gasteiger partial charge in [-0.2, -0.15) is 0 Å². The monoisotopic (exact) mass is 493 g/mol. The van der Waals surface area contributed by atoms with Crippen molar-refractivity contribution in [1.29, 1.82) is 0 Å². The smallest absolute Gasteiger partial charge is 0.445 e. The van der Waals surface area contributed by atoms with Gasteiger partial charge in [-0.05, 0) is 43.4 Å². The Morgan fingerprint density at radius 2 is 1.83 bits per heavy atom. The second kappa shape index (κ2) is 9.04. The summed E-state index contributed by atoms with van der Waals surface area (Å²) in [6, 6.07) is 5.22. The predicted molar refractivity (Wildman–Crippen MR) is 115 cm³/mol. The molecule has 35 heavy (non-hydrogen) atoms. The highest BCUT2D eigenvalue weighted by molar-refractivity contribution is 5.80. The van der Waals surface area contributed by atoms with Gasteiger partial charge in [-0.1, -0.05) is 17.3 Å². The standard InChI is InChI=1S/C23H26F3N5O4/c24-23(25,26)35-17-4-1-15(2-5-17)12-34-21(33)30-9-7-22(8-10-30)13-31(14-22)20(32)16-3-6-18-19(11-16)28-29-27-18/h1-2,4-5,16H,3,6-14H2,(H,27,28,29). The largest absolute Gasteiger partial charge is 0.573 e. The lowest BCUT2D eigenvalue weighted by atomic mass is 9.71. The van der Waals surface area contributed by atoms with Crippen molar-refractivity contribution in [3.05, 3.63) is 41.2 Å². The minimum atomic E-state index is -4.75. The molecule has 1 spiro atoms. The molecule has 2 fully saturated rings. The summed E-state index contributed by atoms with van der Waals surface area (Å²) in [5, 5.41) is 10.8. The molecule has 188 valence electrons. The molecule has 1 N–H and O–H groups in total. The number of alkyl halides is 3. The van der Waals surface area contributed by atoms with E-state index in [0.717, 1.165) is 37.1 Å². The number of aromatic amines is 1. The lowest BCUT2D eigenvalue weighted by Gasteiger charge is -2.54. The maximum absolute atomic E-state index is 12.9. The van der Waals surface area contributed by atoms with E-state index in [-0.39, 0.29) is 29.6 Å². The van der Waals surface area contributed by atoms with Gasteiger partial charge >= 0.3 is 12.5 Å². The Labute approximate surface area is 199 Å². The molecule has 0 bridgehead atoms. The number of hydrogen-bond donors (Lipinski definition) is 1. The number of aryl methyl sites for hydroxylation is 1. The molecule has 2 aromatic rings. The van der Waals surface area contributed by atoms with Crippen molar-refractivity contribution in [3.8, 4) is 5.75 Å². The third-order valence-electron chi connectivity index (χ3n) is 7.20. The van der Waals surface area contributed by atoms with Crippen LogP contribution in [0.3, 0.4) is 0 Å². The van der Waals surface area contributed by atoms with E-state index in [1.165, 1.54) is 24.3 Å². The molecule has 0 radical (unpaired) electrons. The number of piperidine rings is 1. The Balaban J connectivity index is 1.04. The fraction of sp³-hybridized carbons (Fsp3) is 0.565.